The molecule has 0 unspecified atom stereocenters. The summed E-state index contributed by atoms with van der Waals surface area (Å²) < 4.78 is 5.45. The smallest absolute Gasteiger partial charge is 0.277 e. The number of hydrogen-bond donors (Lipinski definition) is 1. The number of ether oxygens (including phenoxy) is 1. The molecule has 1 heterocycles. The lowest BCUT2D eigenvalue weighted by Crippen LogP contribution is -2.27. The first-order valence-electron chi connectivity index (χ1n) is 8.76. The molecule has 6 nitrogen and oxygen atoms in total. The number of nitrogens with one attached hydrogen (secondary N) is 1. The minimum Gasteiger partial charge on any atom is -0.494 e. The molecule has 2 aromatic carbocycles. The standard InChI is InChI=1S/C21H23N3O3/c1-5-27-17-12-6-14(7-13-17)18-19(21(26)24(4)20(18)25)22-15-8-10-16(11-9-15)23(2)3/h6-13,22H,5H2,1-4H3. The second kappa shape index (κ2) is 7.53. The second-order valence-electron chi connectivity index (χ2n) is 6.44. The maximum atomic E-state index is 12.6. The Morgan fingerprint density at radius 1 is 0.963 bits per heavy atom. The van der Waals surface area contributed by atoms with Crippen molar-refractivity contribution in [2.24, 2.45) is 0 Å². The van der Waals surface area contributed by atoms with Crippen molar-refractivity contribution in [3.63, 3.8) is 0 Å². The highest BCUT2D eigenvalue weighted by Crippen LogP contribution is 2.31. The van der Waals surface area contributed by atoms with Gasteiger partial charge in [-0.2, -0.15) is 0 Å². The number of carbonyl (C=O) groups excluding carboxylic acids is 2. The predicted octanol–water partition coefficient (Wildman–Crippen LogP) is 2.97. The van der Waals surface area contributed by atoms with Crippen molar-refractivity contribution in [1.29, 1.82) is 0 Å². The van der Waals surface area contributed by atoms with E-state index in [2.05, 4.69) is 5.32 Å². The van der Waals surface area contributed by atoms with Crippen molar-refractivity contribution < 1.29 is 14.3 Å². The first-order chi connectivity index (χ1) is 12.9. The van der Waals surface area contributed by atoms with Crippen LogP contribution in [0, 0.1) is 0 Å². The molecule has 27 heavy (non-hydrogen) atoms. The third-order valence-electron chi connectivity index (χ3n) is 4.39. The van der Waals surface area contributed by atoms with E-state index in [0.29, 0.717) is 17.7 Å². The van der Waals surface area contributed by atoms with Crippen molar-refractivity contribution in [2.45, 2.75) is 6.92 Å². The van der Waals surface area contributed by atoms with E-state index in [1.165, 1.54) is 7.05 Å². The van der Waals surface area contributed by atoms with Crippen LogP contribution in [0.3, 0.4) is 0 Å². The molecule has 2 aromatic rings. The van der Waals surface area contributed by atoms with Crippen LogP contribution in [0.4, 0.5) is 11.4 Å². The molecular weight excluding hydrogens is 342 g/mol. The van der Waals surface area contributed by atoms with Gasteiger partial charge in [0.2, 0.25) is 0 Å². The summed E-state index contributed by atoms with van der Waals surface area (Å²) in [5.74, 6) is 0.0536. The normalized spacial score (nSPS) is 14.0. The number of nitrogens with zero attached hydrogens (tertiary/aromatic N) is 2. The van der Waals surface area contributed by atoms with Gasteiger partial charge in [0.1, 0.15) is 11.4 Å². The van der Waals surface area contributed by atoms with Crippen LogP contribution in [0.1, 0.15) is 12.5 Å². The molecule has 2 amide bonds. The average Bonchev–Trinajstić information content (AvgIpc) is 2.87. The highest BCUT2D eigenvalue weighted by atomic mass is 16.5. The summed E-state index contributed by atoms with van der Waals surface area (Å²) in [5.41, 5.74) is 3.11. The zero-order valence-corrected chi connectivity index (χ0v) is 15.9. The van der Waals surface area contributed by atoms with Gasteiger partial charge in [0, 0.05) is 32.5 Å². The number of hydrogen-bond acceptors (Lipinski definition) is 5. The fourth-order valence-corrected chi connectivity index (χ4v) is 2.90. The molecule has 0 spiro atoms. The largest absolute Gasteiger partial charge is 0.494 e. The Morgan fingerprint density at radius 2 is 1.59 bits per heavy atom. The van der Waals surface area contributed by atoms with Crippen LogP contribution >= 0.6 is 0 Å². The molecule has 0 aromatic heterocycles. The Kier molecular flexibility index (Phi) is 5.16. The zero-order valence-electron chi connectivity index (χ0n) is 15.9. The van der Waals surface area contributed by atoms with E-state index in [9.17, 15) is 9.59 Å². The molecule has 3 rings (SSSR count). The molecule has 140 valence electrons. The average molecular weight is 365 g/mol. The van der Waals surface area contributed by atoms with Crippen molar-refractivity contribution in [1.82, 2.24) is 4.90 Å². The van der Waals surface area contributed by atoms with Gasteiger partial charge >= 0.3 is 0 Å². The van der Waals surface area contributed by atoms with Gasteiger partial charge in [-0.1, -0.05) is 12.1 Å². The van der Waals surface area contributed by atoms with Crippen molar-refractivity contribution in [2.75, 3.05) is 38.0 Å². The van der Waals surface area contributed by atoms with E-state index < -0.39 is 0 Å². The Hall–Kier alpha value is -3.28. The lowest BCUT2D eigenvalue weighted by Gasteiger charge is -2.14. The summed E-state index contributed by atoms with van der Waals surface area (Å²) in [6, 6.07) is 14.8. The Balaban J connectivity index is 1.96. The fraction of sp³-hybridized carbons (Fsp3) is 0.238. The van der Waals surface area contributed by atoms with Gasteiger partial charge in [-0.25, -0.2) is 0 Å². The monoisotopic (exact) mass is 365 g/mol. The van der Waals surface area contributed by atoms with Crippen LogP contribution in [0.15, 0.2) is 54.2 Å². The maximum Gasteiger partial charge on any atom is 0.277 e. The van der Waals surface area contributed by atoms with E-state index in [0.717, 1.165) is 22.0 Å². The van der Waals surface area contributed by atoms with Crippen molar-refractivity contribution >= 4 is 28.8 Å². The van der Waals surface area contributed by atoms with Crippen LogP contribution in [0.25, 0.3) is 5.57 Å². The lowest BCUT2D eigenvalue weighted by molar-refractivity contribution is -0.135. The van der Waals surface area contributed by atoms with Crippen LogP contribution in [-0.4, -0.2) is 44.5 Å². The Labute approximate surface area is 159 Å². The van der Waals surface area contributed by atoms with Crippen LogP contribution in [-0.2, 0) is 9.59 Å². The lowest BCUT2D eigenvalue weighted by atomic mass is 10.0. The fourth-order valence-electron chi connectivity index (χ4n) is 2.90. The topological polar surface area (TPSA) is 61.9 Å². The van der Waals surface area contributed by atoms with Gasteiger partial charge in [-0.3, -0.25) is 14.5 Å². The number of anilines is 2. The molecule has 0 aliphatic carbocycles. The highest BCUT2D eigenvalue weighted by molar-refractivity contribution is 6.36. The Bertz CT molecular complexity index is 884. The van der Waals surface area contributed by atoms with E-state index in [4.69, 9.17) is 4.74 Å². The Morgan fingerprint density at radius 3 is 2.15 bits per heavy atom. The van der Waals surface area contributed by atoms with Gasteiger partial charge in [0.05, 0.1) is 12.2 Å². The molecule has 0 saturated heterocycles. The molecule has 0 saturated carbocycles. The van der Waals surface area contributed by atoms with Crippen molar-refractivity contribution in [3.8, 4) is 5.75 Å². The summed E-state index contributed by atoms with van der Waals surface area (Å²) >= 11 is 0. The molecule has 0 atom stereocenters. The first kappa shape index (κ1) is 18.5. The highest BCUT2D eigenvalue weighted by Gasteiger charge is 2.36. The molecule has 0 bridgehead atoms. The van der Waals surface area contributed by atoms with E-state index >= 15 is 0 Å². The number of likely N-dealkylation sites (N-methyl/N-ethyl adjacent to an activating group) is 1. The minimum atomic E-state index is -0.347. The molecule has 1 N–H and O–H groups in total. The molecule has 1 aliphatic heterocycles. The summed E-state index contributed by atoms with van der Waals surface area (Å²) in [4.78, 5) is 28.4. The predicted molar refractivity (Wildman–Crippen MR) is 107 cm³/mol. The number of rotatable bonds is 6. The van der Waals surface area contributed by atoms with Gasteiger partial charge < -0.3 is 15.0 Å². The molecular formula is C21H23N3O3. The molecule has 6 heteroatoms. The van der Waals surface area contributed by atoms with Gasteiger partial charge in [0.25, 0.3) is 11.8 Å². The minimum absolute atomic E-state index is 0.282. The number of benzene rings is 2. The van der Waals surface area contributed by atoms with E-state index in [1.807, 2.05) is 50.2 Å². The summed E-state index contributed by atoms with van der Waals surface area (Å²) in [5, 5.41) is 3.12. The summed E-state index contributed by atoms with van der Waals surface area (Å²) in [6.45, 7) is 2.48. The molecule has 0 radical (unpaired) electrons. The van der Waals surface area contributed by atoms with E-state index in [1.54, 1.807) is 24.3 Å². The number of amides is 2. The summed E-state index contributed by atoms with van der Waals surface area (Å²) in [6.07, 6.45) is 0. The van der Waals surface area contributed by atoms with Crippen LogP contribution in [0.5, 0.6) is 5.75 Å². The molecule has 0 fully saturated rings. The SMILES string of the molecule is CCOc1ccc(C2=C(Nc3ccc(N(C)C)cc3)C(=O)N(C)C2=O)cc1. The van der Waals surface area contributed by atoms with Gasteiger partial charge in [-0.15, -0.1) is 0 Å². The van der Waals surface area contributed by atoms with Gasteiger partial charge in [-0.05, 0) is 48.9 Å². The second-order valence-corrected chi connectivity index (χ2v) is 6.44. The molecule has 1 aliphatic rings. The van der Waals surface area contributed by atoms with Crippen LogP contribution < -0.4 is 15.0 Å². The zero-order chi connectivity index (χ0) is 19.6. The number of imide groups is 1. The maximum absolute atomic E-state index is 12.6. The third-order valence-corrected chi connectivity index (χ3v) is 4.39. The first-order valence-corrected chi connectivity index (χ1v) is 8.76. The summed E-state index contributed by atoms with van der Waals surface area (Å²) in [7, 11) is 5.41. The quantitative estimate of drug-likeness (QED) is 0.798. The van der Waals surface area contributed by atoms with E-state index in [-0.39, 0.29) is 17.5 Å². The van der Waals surface area contributed by atoms with Crippen molar-refractivity contribution in [3.05, 3.63) is 59.8 Å². The number of carbonyl (C=O) groups is 2. The third kappa shape index (κ3) is 3.65. The van der Waals surface area contributed by atoms with Gasteiger partial charge in [0.15, 0.2) is 0 Å². The van der Waals surface area contributed by atoms with Crippen LogP contribution in [0.2, 0.25) is 0 Å².